The summed E-state index contributed by atoms with van der Waals surface area (Å²) in [5.41, 5.74) is 16.4. The average molecular weight is 769 g/mol. The van der Waals surface area contributed by atoms with Gasteiger partial charge in [0, 0.05) is 43.6 Å². The van der Waals surface area contributed by atoms with Crippen molar-refractivity contribution in [3.05, 3.63) is 194 Å². The maximum absolute atomic E-state index is 6.74. The molecule has 60 heavy (non-hydrogen) atoms. The summed E-state index contributed by atoms with van der Waals surface area (Å²) in [4.78, 5) is 0. The molecule has 13 rings (SSSR count). The molecular formula is C56H36N2O2. The van der Waals surface area contributed by atoms with Crippen LogP contribution in [0, 0.1) is 0 Å². The molecule has 4 heteroatoms. The third kappa shape index (κ3) is 4.61. The molecule has 0 radical (unpaired) electrons. The molecule has 4 nitrogen and oxygen atoms in total. The van der Waals surface area contributed by atoms with Crippen molar-refractivity contribution in [2.75, 3.05) is 0 Å². The average Bonchev–Trinajstić information content (AvgIpc) is 4.06. The lowest BCUT2D eigenvalue weighted by atomic mass is 9.92. The molecule has 0 aliphatic carbocycles. The van der Waals surface area contributed by atoms with Crippen LogP contribution in [0.25, 0.3) is 121 Å². The van der Waals surface area contributed by atoms with Gasteiger partial charge < -0.3 is 18.0 Å². The smallest absolute Gasteiger partial charge is 0.145 e. The number of rotatable bonds is 5. The van der Waals surface area contributed by atoms with E-state index < -0.39 is 0 Å². The minimum atomic E-state index is 0.897. The van der Waals surface area contributed by atoms with Crippen LogP contribution in [0.4, 0.5) is 0 Å². The van der Waals surface area contributed by atoms with Crippen molar-refractivity contribution < 1.29 is 8.83 Å². The van der Waals surface area contributed by atoms with Crippen LogP contribution < -0.4 is 0 Å². The lowest BCUT2D eigenvalue weighted by Gasteiger charge is -2.19. The first kappa shape index (κ1) is 33.2. The van der Waals surface area contributed by atoms with Gasteiger partial charge in [0.1, 0.15) is 22.3 Å². The largest absolute Gasteiger partial charge is 0.455 e. The molecule has 282 valence electrons. The van der Waals surface area contributed by atoms with Gasteiger partial charge in [0.05, 0.1) is 38.5 Å². The first-order valence-corrected chi connectivity index (χ1v) is 20.7. The Morgan fingerprint density at radius 1 is 0.383 bits per heavy atom. The highest BCUT2D eigenvalue weighted by atomic mass is 16.3. The molecule has 9 aromatic carbocycles. The van der Waals surface area contributed by atoms with Crippen molar-refractivity contribution in [1.82, 2.24) is 9.13 Å². The predicted molar refractivity (Wildman–Crippen MR) is 250 cm³/mol. The van der Waals surface area contributed by atoms with E-state index in [0.717, 1.165) is 116 Å². The molecule has 0 saturated carbocycles. The lowest BCUT2D eigenvalue weighted by molar-refractivity contribution is 0.672. The molecule has 0 N–H and O–H groups in total. The normalized spacial score (nSPS) is 12.2. The van der Waals surface area contributed by atoms with Gasteiger partial charge in [-0.1, -0.05) is 128 Å². The van der Waals surface area contributed by atoms with E-state index in [9.17, 15) is 0 Å². The number of para-hydroxylation sites is 4. The van der Waals surface area contributed by atoms with Crippen LogP contribution in [0.15, 0.2) is 197 Å². The zero-order valence-corrected chi connectivity index (χ0v) is 32.8. The Kier molecular flexibility index (Phi) is 6.96. The third-order valence-corrected chi connectivity index (χ3v) is 12.7. The van der Waals surface area contributed by atoms with Crippen molar-refractivity contribution in [3.63, 3.8) is 0 Å². The number of aryl methyl sites for hydroxylation is 1. The highest BCUT2D eigenvalue weighted by molar-refractivity contribution is 6.25. The molecular weight excluding hydrogens is 733 g/mol. The third-order valence-electron chi connectivity index (χ3n) is 12.7. The van der Waals surface area contributed by atoms with E-state index in [2.05, 4.69) is 192 Å². The van der Waals surface area contributed by atoms with Gasteiger partial charge in [0.15, 0.2) is 0 Å². The Hall–Kier alpha value is -7.82. The quantitative estimate of drug-likeness (QED) is 0.175. The van der Waals surface area contributed by atoms with Crippen LogP contribution in [0.2, 0.25) is 0 Å². The van der Waals surface area contributed by atoms with Gasteiger partial charge in [-0.15, -0.1) is 0 Å². The molecule has 0 fully saturated rings. The summed E-state index contributed by atoms with van der Waals surface area (Å²) in [7, 11) is 0. The second-order valence-corrected chi connectivity index (χ2v) is 15.9. The van der Waals surface area contributed by atoms with Crippen molar-refractivity contribution >= 4 is 87.5 Å². The van der Waals surface area contributed by atoms with Crippen LogP contribution in [-0.2, 0) is 6.42 Å². The molecule has 0 amide bonds. The van der Waals surface area contributed by atoms with E-state index in [1.807, 2.05) is 12.1 Å². The number of fused-ring (bicyclic) bond motifs is 14. The molecule has 13 aromatic rings. The van der Waals surface area contributed by atoms with Crippen LogP contribution >= 0.6 is 0 Å². The van der Waals surface area contributed by atoms with Crippen molar-refractivity contribution in [2.24, 2.45) is 0 Å². The highest BCUT2D eigenvalue weighted by Crippen LogP contribution is 2.45. The highest BCUT2D eigenvalue weighted by Gasteiger charge is 2.23. The van der Waals surface area contributed by atoms with Crippen LogP contribution in [0.1, 0.15) is 12.5 Å². The number of hydrogen-bond donors (Lipinski definition) is 0. The van der Waals surface area contributed by atoms with Crippen molar-refractivity contribution in [2.45, 2.75) is 13.3 Å². The zero-order chi connectivity index (χ0) is 39.5. The van der Waals surface area contributed by atoms with E-state index in [1.165, 1.54) is 16.7 Å². The molecule has 0 aliphatic rings. The molecule has 0 bridgehead atoms. The maximum atomic E-state index is 6.74. The van der Waals surface area contributed by atoms with E-state index in [-0.39, 0.29) is 0 Å². The molecule has 0 unspecified atom stereocenters. The Morgan fingerprint density at radius 2 is 0.933 bits per heavy atom. The van der Waals surface area contributed by atoms with Crippen LogP contribution in [-0.4, -0.2) is 9.13 Å². The Bertz CT molecular complexity index is 3880. The van der Waals surface area contributed by atoms with Gasteiger partial charge in [-0.25, -0.2) is 0 Å². The molecule has 4 aromatic heterocycles. The first-order chi connectivity index (χ1) is 29.7. The van der Waals surface area contributed by atoms with Gasteiger partial charge in [-0.2, -0.15) is 0 Å². The van der Waals surface area contributed by atoms with E-state index in [1.54, 1.807) is 0 Å². The molecule has 4 heterocycles. The fourth-order valence-electron chi connectivity index (χ4n) is 10.0. The lowest BCUT2D eigenvalue weighted by Crippen LogP contribution is -2.02. The fourth-order valence-corrected chi connectivity index (χ4v) is 10.0. The Morgan fingerprint density at radius 3 is 1.57 bits per heavy atom. The summed E-state index contributed by atoms with van der Waals surface area (Å²) < 4.78 is 18.3. The summed E-state index contributed by atoms with van der Waals surface area (Å²) in [5, 5.41) is 9.07. The van der Waals surface area contributed by atoms with Gasteiger partial charge >= 0.3 is 0 Å². The summed E-state index contributed by atoms with van der Waals surface area (Å²) in [5.74, 6) is 0. The minimum absolute atomic E-state index is 0.897. The zero-order valence-electron chi connectivity index (χ0n) is 32.8. The standard InChI is InChI=1S/C56H36N2O2/c1-2-34-24-25-36(32-45(34)35-14-4-3-5-15-35)38-27-26-37(57-46-20-10-6-18-43(46)53-48(57)30-28-41-39-16-8-12-22-51(39)59-55(41)53)33-50(38)58-47-21-11-7-19-44(47)54-49(58)31-29-42-40-17-9-13-23-52(40)60-56(42)54/h3-33H,2H2,1H3. The summed E-state index contributed by atoms with van der Waals surface area (Å²) in [6, 6.07) is 67.9. The number of aromatic nitrogens is 2. The van der Waals surface area contributed by atoms with Gasteiger partial charge in [0.25, 0.3) is 0 Å². The Labute approximate surface area is 344 Å². The summed E-state index contributed by atoms with van der Waals surface area (Å²) in [6.45, 7) is 2.24. The molecule has 0 aliphatic heterocycles. The predicted octanol–water partition coefficient (Wildman–Crippen LogP) is 15.6. The van der Waals surface area contributed by atoms with Gasteiger partial charge in [0.2, 0.25) is 0 Å². The van der Waals surface area contributed by atoms with Gasteiger partial charge in [-0.05, 0) is 95.4 Å². The fraction of sp³-hybridized carbons (Fsp3) is 0.0357. The number of furan rings is 2. The molecule has 0 saturated heterocycles. The maximum Gasteiger partial charge on any atom is 0.145 e. The monoisotopic (exact) mass is 768 g/mol. The SMILES string of the molecule is CCc1ccc(-c2ccc(-n3c4ccccc4c4c5oc6ccccc6c5ccc43)cc2-n2c3ccccc3c3c4oc5ccccc5c4ccc32)cc1-c1ccccc1. The van der Waals surface area contributed by atoms with E-state index >= 15 is 0 Å². The minimum Gasteiger partial charge on any atom is -0.455 e. The summed E-state index contributed by atoms with van der Waals surface area (Å²) in [6.07, 6.45) is 0.947. The van der Waals surface area contributed by atoms with Crippen LogP contribution in [0.3, 0.4) is 0 Å². The molecule has 0 atom stereocenters. The number of nitrogens with zero attached hydrogens (tertiary/aromatic N) is 2. The van der Waals surface area contributed by atoms with Crippen LogP contribution in [0.5, 0.6) is 0 Å². The van der Waals surface area contributed by atoms with Crippen molar-refractivity contribution in [3.8, 4) is 33.6 Å². The van der Waals surface area contributed by atoms with Gasteiger partial charge in [-0.3, -0.25) is 0 Å². The van der Waals surface area contributed by atoms with E-state index in [0.29, 0.717) is 0 Å². The second kappa shape index (κ2) is 12.6. The van der Waals surface area contributed by atoms with Crippen molar-refractivity contribution in [1.29, 1.82) is 0 Å². The number of benzene rings is 9. The first-order valence-electron chi connectivity index (χ1n) is 20.7. The second-order valence-electron chi connectivity index (χ2n) is 15.9. The van der Waals surface area contributed by atoms with E-state index in [4.69, 9.17) is 8.83 Å². The Balaban J connectivity index is 1.14. The topological polar surface area (TPSA) is 36.1 Å². The molecule has 0 spiro atoms. The number of hydrogen-bond acceptors (Lipinski definition) is 2. The summed E-state index contributed by atoms with van der Waals surface area (Å²) >= 11 is 0.